The third kappa shape index (κ3) is 5.97. The number of para-hydroxylation sites is 1. The van der Waals surface area contributed by atoms with Gasteiger partial charge in [0.15, 0.2) is 0 Å². The van der Waals surface area contributed by atoms with Crippen LogP contribution in [0.4, 0.5) is 5.69 Å². The summed E-state index contributed by atoms with van der Waals surface area (Å²) in [4.78, 5) is 23.6. The van der Waals surface area contributed by atoms with Gasteiger partial charge in [-0.1, -0.05) is 43.1 Å². The highest BCUT2D eigenvalue weighted by Crippen LogP contribution is 2.24. The summed E-state index contributed by atoms with van der Waals surface area (Å²) in [5.74, 6) is -0.927. The number of sulfonamides is 1. The minimum atomic E-state index is -3.94. The van der Waals surface area contributed by atoms with Gasteiger partial charge in [-0.05, 0) is 36.8 Å². The standard InChI is InChI=1S/C18H20ClN3O4S/c1-2-3-11-17(23)20-21-18(24)13-7-6-8-14(12-13)27(25,26)22-16-10-5-4-9-15(16)19/h4-10,12,22H,2-3,11H2,1H3,(H,20,23)(H,21,24). The third-order valence-electron chi connectivity index (χ3n) is 3.60. The second-order valence-corrected chi connectivity index (χ2v) is 7.81. The predicted octanol–water partition coefficient (Wildman–Crippen LogP) is 3.09. The molecule has 0 aliphatic rings. The molecule has 9 heteroatoms. The van der Waals surface area contributed by atoms with Gasteiger partial charge in [0.25, 0.3) is 15.9 Å². The fourth-order valence-corrected chi connectivity index (χ4v) is 3.51. The topological polar surface area (TPSA) is 104 Å². The van der Waals surface area contributed by atoms with Crippen LogP contribution in [0, 0.1) is 0 Å². The average Bonchev–Trinajstić information content (AvgIpc) is 2.66. The molecule has 0 spiro atoms. The molecule has 7 nitrogen and oxygen atoms in total. The largest absolute Gasteiger partial charge is 0.278 e. The molecule has 0 radical (unpaired) electrons. The predicted molar refractivity (Wildman–Crippen MR) is 104 cm³/mol. The number of halogens is 1. The lowest BCUT2D eigenvalue weighted by atomic mass is 10.2. The summed E-state index contributed by atoms with van der Waals surface area (Å²) in [5.41, 5.74) is 4.89. The van der Waals surface area contributed by atoms with Crippen LogP contribution in [-0.4, -0.2) is 20.2 Å². The van der Waals surface area contributed by atoms with E-state index in [0.717, 1.165) is 6.42 Å². The maximum atomic E-state index is 12.5. The number of carbonyl (C=O) groups is 2. The van der Waals surface area contributed by atoms with E-state index in [0.29, 0.717) is 12.8 Å². The first-order chi connectivity index (χ1) is 12.8. The minimum absolute atomic E-state index is 0.0906. The number of rotatable bonds is 7. The average molecular weight is 410 g/mol. The van der Waals surface area contributed by atoms with Crippen molar-refractivity contribution < 1.29 is 18.0 Å². The number of anilines is 1. The van der Waals surface area contributed by atoms with Crippen LogP contribution in [0.5, 0.6) is 0 Å². The Balaban J connectivity index is 2.10. The molecule has 2 aromatic carbocycles. The monoisotopic (exact) mass is 409 g/mol. The van der Waals surface area contributed by atoms with E-state index >= 15 is 0 Å². The van der Waals surface area contributed by atoms with Gasteiger partial charge < -0.3 is 0 Å². The van der Waals surface area contributed by atoms with Gasteiger partial charge in [-0.3, -0.25) is 25.2 Å². The first-order valence-electron chi connectivity index (χ1n) is 8.30. The van der Waals surface area contributed by atoms with Crippen LogP contribution in [0.25, 0.3) is 0 Å². The molecule has 0 aliphatic carbocycles. The number of hydrazine groups is 1. The normalized spacial score (nSPS) is 10.9. The van der Waals surface area contributed by atoms with Crippen LogP contribution in [0.1, 0.15) is 36.5 Å². The van der Waals surface area contributed by atoms with Crippen molar-refractivity contribution in [3.05, 3.63) is 59.1 Å². The zero-order chi connectivity index (χ0) is 19.9. The van der Waals surface area contributed by atoms with Crippen molar-refractivity contribution in [2.24, 2.45) is 0 Å². The van der Waals surface area contributed by atoms with Crippen LogP contribution in [0.15, 0.2) is 53.4 Å². The molecule has 0 unspecified atom stereocenters. The zero-order valence-corrected chi connectivity index (χ0v) is 16.2. The molecular weight excluding hydrogens is 390 g/mol. The Kier molecular flexibility index (Phi) is 7.20. The molecule has 0 heterocycles. The molecule has 0 fully saturated rings. The quantitative estimate of drug-likeness (QED) is 0.611. The molecule has 0 saturated heterocycles. The van der Waals surface area contributed by atoms with E-state index in [1.54, 1.807) is 18.2 Å². The second kappa shape index (κ2) is 9.38. The van der Waals surface area contributed by atoms with Crippen LogP contribution in [0.2, 0.25) is 5.02 Å². The lowest BCUT2D eigenvalue weighted by Gasteiger charge is -2.11. The highest BCUT2D eigenvalue weighted by atomic mass is 35.5. The van der Waals surface area contributed by atoms with Crippen molar-refractivity contribution in [2.45, 2.75) is 31.1 Å². The highest BCUT2D eigenvalue weighted by molar-refractivity contribution is 7.92. The van der Waals surface area contributed by atoms with Gasteiger partial charge in [-0.15, -0.1) is 0 Å². The van der Waals surface area contributed by atoms with Crippen LogP contribution < -0.4 is 15.6 Å². The fraction of sp³-hybridized carbons (Fsp3) is 0.222. The molecule has 0 atom stereocenters. The molecule has 27 heavy (non-hydrogen) atoms. The number of carbonyl (C=O) groups excluding carboxylic acids is 2. The maximum absolute atomic E-state index is 12.5. The summed E-state index contributed by atoms with van der Waals surface area (Å²) in [5, 5.41) is 0.254. The Morgan fingerprint density at radius 1 is 1.04 bits per heavy atom. The number of hydrogen-bond donors (Lipinski definition) is 3. The highest BCUT2D eigenvalue weighted by Gasteiger charge is 2.18. The number of nitrogens with one attached hydrogen (secondary N) is 3. The summed E-state index contributed by atoms with van der Waals surface area (Å²) >= 11 is 5.98. The Bertz CT molecular complexity index is 932. The number of amides is 2. The zero-order valence-electron chi connectivity index (χ0n) is 14.7. The fourth-order valence-electron chi connectivity index (χ4n) is 2.15. The number of unbranched alkanes of at least 4 members (excludes halogenated alkanes) is 1. The molecule has 144 valence electrons. The van der Waals surface area contributed by atoms with E-state index in [1.165, 1.54) is 30.3 Å². The minimum Gasteiger partial charge on any atom is -0.278 e. The third-order valence-corrected chi connectivity index (χ3v) is 5.29. The van der Waals surface area contributed by atoms with Crippen molar-refractivity contribution in [1.82, 2.24) is 10.9 Å². The van der Waals surface area contributed by atoms with Gasteiger partial charge in [0, 0.05) is 12.0 Å². The second-order valence-electron chi connectivity index (χ2n) is 5.72. The van der Waals surface area contributed by atoms with Gasteiger partial charge >= 0.3 is 0 Å². The van der Waals surface area contributed by atoms with Gasteiger partial charge in [0.05, 0.1) is 15.6 Å². The van der Waals surface area contributed by atoms with Crippen LogP contribution in [0.3, 0.4) is 0 Å². The molecule has 0 aliphatic heterocycles. The summed E-state index contributed by atoms with van der Waals surface area (Å²) < 4.78 is 27.5. The van der Waals surface area contributed by atoms with E-state index in [9.17, 15) is 18.0 Å². The Morgan fingerprint density at radius 3 is 2.48 bits per heavy atom. The first-order valence-corrected chi connectivity index (χ1v) is 10.2. The molecule has 3 N–H and O–H groups in total. The molecule has 0 bridgehead atoms. The summed E-state index contributed by atoms with van der Waals surface area (Å²) in [6.45, 7) is 1.95. The first kappa shape index (κ1) is 20.7. The van der Waals surface area contributed by atoms with Crippen molar-refractivity contribution in [3.8, 4) is 0 Å². The van der Waals surface area contributed by atoms with Crippen LogP contribution >= 0.6 is 11.6 Å². The summed E-state index contributed by atoms with van der Waals surface area (Å²) in [6.07, 6.45) is 1.87. The van der Waals surface area contributed by atoms with E-state index in [1.807, 2.05) is 6.92 Å². The molecule has 0 saturated carbocycles. The molecule has 0 aromatic heterocycles. The van der Waals surface area contributed by atoms with E-state index in [2.05, 4.69) is 15.6 Å². The van der Waals surface area contributed by atoms with E-state index in [4.69, 9.17) is 11.6 Å². The van der Waals surface area contributed by atoms with Crippen molar-refractivity contribution in [3.63, 3.8) is 0 Å². The molecule has 2 amide bonds. The van der Waals surface area contributed by atoms with Gasteiger partial charge in [-0.25, -0.2) is 8.42 Å². The SMILES string of the molecule is CCCCC(=O)NNC(=O)c1cccc(S(=O)(=O)Nc2ccccc2Cl)c1. The van der Waals surface area contributed by atoms with Crippen molar-refractivity contribution in [2.75, 3.05) is 4.72 Å². The summed E-state index contributed by atoms with van der Waals surface area (Å²) in [7, 11) is -3.94. The van der Waals surface area contributed by atoms with Gasteiger partial charge in [-0.2, -0.15) is 0 Å². The lowest BCUT2D eigenvalue weighted by Crippen LogP contribution is -2.41. The lowest BCUT2D eigenvalue weighted by molar-refractivity contribution is -0.121. The Labute approximate surface area is 163 Å². The van der Waals surface area contributed by atoms with Gasteiger partial charge in [0.1, 0.15) is 0 Å². The number of benzene rings is 2. The smallest absolute Gasteiger partial charge is 0.269 e. The van der Waals surface area contributed by atoms with Crippen molar-refractivity contribution >= 4 is 39.1 Å². The molecule has 2 rings (SSSR count). The Hall–Kier alpha value is -2.58. The number of hydrogen-bond acceptors (Lipinski definition) is 4. The maximum Gasteiger partial charge on any atom is 0.269 e. The van der Waals surface area contributed by atoms with E-state index in [-0.39, 0.29) is 27.1 Å². The molecule has 2 aromatic rings. The molecular formula is C18H20ClN3O4S. The summed E-state index contributed by atoms with van der Waals surface area (Å²) in [6, 6.07) is 11.9. The van der Waals surface area contributed by atoms with Crippen molar-refractivity contribution in [1.29, 1.82) is 0 Å². The van der Waals surface area contributed by atoms with E-state index < -0.39 is 15.9 Å². The van der Waals surface area contributed by atoms with Gasteiger partial charge in [0.2, 0.25) is 5.91 Å². The van der Waals surface area contributed by atoms with Crippen LogP contribution in [-0.2, 0) is 14.8 Å². The Morgan fingerprint density at radius 2 is 1.78 bits per heavy atom.